The monoisotopic (exact) mass is 446 g/mol. The maximum absolute atomic E-state index is 13.2. The van der Waals surface area contributed by atoms with Gasteiger partial charge in [0.15, 0.2) is 0 Å². The van der Waals surface area contributed by atoms with Gasteiger partial charge in [-0.25, -0.2) is 15.0 Å². The second-order valence-corrected chi connectivity index (χ2v) is 8.34. The lowest BCUT2D eigenvalue weighted by molar-refractivity contribution is -0.136. The van der Waals surface area contributed by atoms with Crippen molar-refractivity contribution in [2.45, 2.75) is 32.5 Å². The fraction of sp³-hybridized carbons (Fsp3) is 0.360. The number of hydrogen-bond acceptors (Lipinski definition) is 7. The number of aromatic nitrogens is 3. The summed E-state index contributed by atoms with van der Waals surface area (Å²) in [5, 5.41) is 3.11. The maximum Gasteiger partial charge on any atom is 0.237 e. The van der Waals surface area contributed by atoms with E-state index in [1.807, 2.05) is 41.3 Å². The van der Waals surface area contributed by atoms with Crippen LogP contribution in [-0.4, -0.2) is 62.9 Å². The number of carbonyl (C=O) groups is 1. The number of ether oxygens (including phenoxy) is 1. The van der Waals surface area contributed by atoms with Crippen LogP contribution in [0.3, 0.4) is 0 Å². The van der Waals surface area contributed by atoms with Crippen molar-refractivity contribution in [2.24, 2.45) is 0 Å². The molecule has 0 radical (unpaired) electrons. The highest BCUT2D eigenvalue weighted by atomic mass is 16.5. The second kappa shape index (κ2) is 11.0. The first kappa shape index (κ1) is 22.8. The van der Waals surface area contributed by atoms with Crippen LogP contribution in [-0.2, 0) is 16.1 Å². The summed E-state index contributed by atoms with van der Waals surface area (Å²) in [4.78, 5) is 30.3. The first-order chi connectivity index (χ1) is 16.1. The van der Waals surface area contributed by atoms with E-state index in [-0.39, 0.29) is 18.1 Å². The summed E-state index contributed by atoms with van der Waals surface area (Å²) in [5.41, 5.74) is 1.95. The van der Waals surface area contributed by atoms with Crippen LogP contribution in [0.5, 0.6) is 0 Å². The van der Waals surface area contributed by atoms with Crippen molar-refractivity contribution in [3.05, 3.63) is 78.2 Å². The summed E-state index contributed by atoms with van der Waals surface area (Å²) in [6.07, 6.45) is 3.15. The van der Waals surface area contributed by atoms with Gasteiger partial charge in [-0.3, -0.25) is 9.69 Å². The van der Waals surface area contributed by atoms with Gasteiger partial charge in [-0.1, -0.05) is 36.4 Å². The molecule has 3 aromatic rings. The lowest BCUT2D eigenvalue weighted by atomic mass is 10.1. The quantitative estimate of drug-likeness (QED) is 0.568. The average molecular weight is 447 g/mol. The number of carbonyl (C=O) groups excluding carboxylic acids is 1. The van der Waals surface area contributed by atoms with Crippen molar-refractivity contribution in [3.63, 3.8) is 0 Å². The number of morpholine rings is 1. The number of anilines is 2. The van der Waals surface area contributed by atoms with E-state index in [1.165, 1.54) is 0 Å². The smallest absolute Gasteiger partial charge is 0.237 e. The molecule has 1 aliphatic rings. The summed E-state index contributed by atoms with van der Waals surface area (Å²) >= 11 is 0. The molecule has 8 heteroatoms. The molecule has 1 fully saturated rings. The lowest BCUT2D eigenvalue weighted by Gasteiger charge is -2.35. The normalized spacial score (nSPS) is 16.5. The molecule has 1 aromatic carbocycles. The van der Waals surface area contributed by atoms with Crippen LogP contribution in [0.15, 0.2) is 67.0 Å². The minimum Gasteiger partial charge on any atom is -0.369 e. The number of amides is 1. The van der Waals surface area contributed by atoms with Gasteiger partial charge in [0.05, 0.1) is 18.8 Å². The minimum atomic E-state index is -0.202. The molecule has 1 amide bonds. The van der Waals surface area contributed by atoms with Gasteiger partial charge in [-0.05, 0) is 37.6 Å². The van der Waals surface area contributed by atoms with Crippen molar-refractivity contribution in [1.29, 1.82) is 0 Å². The van der Waals surface area contributed by atoms with Crippen LogP contribution < -0.4 is 5.32 Å². The second-order valence-electron chi connectivity index (χ2n) is 8.34. The van der Waals surface area contributed by atoms with Crippen LogP contribution in [0, 0.1) is 0 Å². The summed E-state index contributed by atoms with van der Waals surface area (Å²) in [6, 6.07) is 17.7. The Morgan fingerprint density at radius 3 is 2.67 bits per heavy atom. The highest BCUT2D eigenvalue weighted by Crippen LogP contribution is 2.23. The molecular formula is C25H30N6O2. The van der Waals surface area contributed by atoms with Gasteiger partial charge >= 0.3 is 0 Å². The van der Waals surface area contributed by atoms with Gasteiger partial charge in [0.2, 0.25) is 11.9 Å². The molecule has 3 heterocycles. The number of rotatable bonds is 8. The van der Waals surface area contributed by atoms with Gasteiger partial charge < -0.3 is 15.0 Å². The van der Waals surface area contributed by atoms with Crippen molar-refractivity contribution >= 4 is 17.7 Å². The third-order valence-corrected chi connectivity index (χ3v) is 5.56. The van der Waals surface area contributed by atoms with Crippen molar-refractivity contribution in [2.75, 3.05) is 31.6 Å². The van der Waals surface area contributed by atoms with Gasteiger partial charge in [0, 0.05) is 38.1 Å². The largest absolute Gasteiger partial charge is 0.369 e. The molecule has 172 valence electrons. The standard InChI is InChI=1S/C25H30N6O2/c1-19(2)31(16-20-8-4-3-5-9-20)24(32)18-30-14-15-33-22(17-30)21-10-6-11-23(28-21)29-25-26-12-7-13-27-25/h3-13,19,22H,14-18H2,1-2H3,(H,26,27,28,29). The Hall–Kier alpha value is -3.36. The molecule has 33 heavy (non-hydrogen) atoms. The van der Waals surface area contributed by atoms with Crippen LogP contribution in [0.4, 0.5) is 11.8 Å². The van der Waals surface area contributed by atoms with E-state index in [1.54, 1.807) is 18.5 Å². The number of pyridine rings is 1. The van der Waals surface area contributed by atoms with Gasteiger partial charge in [-0.2, -0.15) is 0 Å². The molecule has 1 atom stereocenters. The highest BCUT2D eigenvalue weighted by Gasteiger charge is 2.27. The zero-order chi connectivity index (χ0) is 23.0. The maximum atomic E-state index is 13.2. The third kappa shape index (κ3) is 6.34. The molecule has 0 saturated carbocycles. The molecular weight excluding hydrogens is 416 g/mol. The van der Waals surface area contributed by atoms with Gasteiger partial charge in [-0.15, -0.1) is 0 Å². The molecule has 2 aromatic heterocycles. The Morgan fingerprint density at radius 1 is 1.12 bits per heavy atom. The SMILES string of the molecule is CC(C)N(Cc1ccccc1)C(=O)CN1CCOC(c2cccc(Nc3ncccn3)n2)C1. The molecule has 0 spiro atoms. The molecule has 0 bridgehead atoms. The molecule has 1 unspecified atom stereocenters. The highest BCUT2D eigenvalue weighted by molar-refractivity contribution is 5.78. The Labute approximate surface area is 194 Å². The lowest BCUT2D eigenvalue weighted by Crippen LogP contribution is -2.47. The molecule has 8 nitrogen and oxygen atoms in total. The van der Waals surface area contributed by atoms with Crippen LogP contribution >= 0.6 is 0 Å². The van der Waals surface area contributed by atoms with E-state index >= 15 is 0 Å². The predicted molar refractivity (Wildman–Crippen MR) is 127 cm³/mol. The van der Waals surface area contributed by atoms with Crippen LogP contribution in [0.25, 0.3) is 0 Å². The molecule has 4 rings (SSSR count). The summed E-state index contributed by atoms with van der Waals surface area (Å²) in [7, 11) is 0. The topological polar surface area (TPSA) is 83.5 Å². The van der Waals surface area contributed by atoms with E-state index in [9.17, 15) is 4.79 Å². The number of hydrogen-bond donors (Lipinski definition) is 1. The first-order valence-corrected chi connectivity index (χ1v) is 11.3. The molecule has 1 aliphatic heterocycles. The first-order valence-electron chi connectivity index (χ1n) is 11.3. The number of benzene rings is 1. The average Bonchev–Trinajstić information content (AvgIpc) is 2.84. The van der Waals surface area contributed by atoms with Crippen LogP contribution in [0.2, 0.25) is 0 Å². The Bertz CT molecular complexity index is 1030. The van der Waals surface area contributed by atoms with E-state index < -0.39 is 0 Å². The van der Waals surface area contributed by atoms with Gasteiger partial charge in [0.1, 0.15) is 11.9 Å². The van der Waals surface area contributed by atoms with E-state index in [0.717, 1.165) is 17.8 Å². The van der Waals surface area contributed by atoms with Crippen molar-refractivity contribution < 1.29 is 9.53 Å². The van der Waals surface area contributed by atoms with E-state index in [4.69, 9.17) is 4.74 Å². The van der Waals surface area contributed by atoms with Gasteiger partial charge in [0.25, 0.3) is 0 Å². The van der Waals surface area contributed by atoms with Crippen molar-refractivity contribution in [3.8, 4) is 0 Å². The summed E-state index contributed by atoms with van der Waals surface area (Å²) < 4.78 is 6.00. The van der Waals surface area contributed by atoms with E-state index in [0.29, 0.717) is 38.0 Å². The van der Waals surface area contributed by atoms with Crippen molar-refractivity contribution in [1.82, 2.24) is 24.8 Å². The summed E-state index contributed by atoms with van der Waals surface area (Å²) in [6.45, 7) is 6.97. The predicted octanol–water partition coefficient (Wildman–Crippen LogP) is 3.43. The third-order valence-electron chi connectivity index (χ3n) is 5.56. The molecule has 0 aliphatic carbocycles. The zero-order valence-corrected chi connectivity index (χ0v) is 19.1. The van der Waals surface area contributed by atoms with Crippen LogP contribution in [0.1, 0.15) is 31.2 Å². The Morgan fingerprint density at radius 2 is 1.91 bits per heavy atom. The summed E-state index contributed by atoms with van der Waals surface area (Å²) in [5.74, 6) is 1.27. The fourth-order valence-electron chi connectivity index (χ4n) is 3.82. The minimum absolute atomic E-state index is 0.124. The zero-order valence-electron chi connectivity index (χ0n) is 19.1. The number of nitrogens with zero attached hydrogens (tertiary/aromatic N) is 5. The number of nitrogens with one attached hydrogen (secondary N) is 1. The molecule has 1 saturated heterocycles. The fourth-order valence-corrected chi connectivity index (χ4v) is 3.82. The Kier molecular flexibility index (Phi) is 7.59. The van der Waals surface area contributed by atoms with E-state index in [2.05, 4.69) is 51.1 Å². The molecule has 1 N–H and O–H groups in total. The Balaban J connectivity index is 1.39.